The minimum absolute atomic E-state index is 0.536. The zero-order valence-corrected chi connectivity index (χ0v) is 15.8. The summed E-state index contributed by atoms with van der Waals surface area (Å²) in [5.74, 6) is 1.42. The molecule has 0 spiro atoms. The number of guanidine groups is 1. The monoisotopic (exact) mass is 375 g/mol. The van der Waals surface area contributed by atoms with Gasteiger partial charge in [0.25, 0.3) is 0 Å². The van der Waals surface area contributed by atoms with Gasteiger partial charge in [0, 0.05) is 44.9 Å². The van der Waals surface area contributed by atoms with Crippen LogP contribution in [0.5, 0.6) is 5.75 Å². The number of piperazine rings is 1. The van der Waals surface area contributed by atoms with Gasteiger partial charge in [0.1, 0.15) is 12.4 Å². The fourth-order valence-corrected chi connectivity index (χ4v) is 3.44. The number of ether oxygens (including phenoxy) is 2. The Labute approximate surface area is 158 Å². The Kier molecular flexibility index (Phi) is 6.68. The molecule has 0 bridgehead atoms. The lowest BCUT2D eigenvalue weighted by molar-refractivity contribution is 0.146. The fourth-order valence-electron chi connectivity index (χ4n) is 2.75. The van der Waals surface area contributed by atoms with Crippen molar-refractivity contribution < 1.29 is 9.47 Å². The number of aliphatic imine (C=N–C) groups is 1. The molecule has 0 aliphatic carbocycles. The van der Waals surface area contributed by atoms with E-state index in [0.29, 0.717) is 25.7 Å². The summed E-state index contributed by atoms with van der Waals surface area (Å²) >= 11 is 1.67. The van der Waals surface area contributed by atoms with Gasteiger partial charge in [-0.3, -0.25) is 0 Å². The number of nitrogens with two attached hydrogens (primary N) is 1. The Morgan fingerprint density at radius 3 is 2.85 bits per heavy atom. The second-order valence-corrected chi connectivity index (χ2v) is 6.82. The van der Waals surface area contributed by atoms with E-state index in [9.17, 15) is 0 Å². The number of thiazole rings is 1. The van der Waals surface area contributed by atoms with Gasteiger partial charge in [-0.2, -0.15) is 0 Å². The zero-order valence-electron chi connectivity index (χ0n) is 15.0. The first-order valence-electron chi connectivity index (χ1n) is 8.66. The molecule has 1 aliphatic rings. The summed E-state index contributed by atoms with van der Waals surface area (Å²) in [7, 11) is 1.66. The number of rotatable bonds is 7. The van der Waals surface area contributed by atoms with Crippen molar-refractivity contribution in [3.8, 4) is 5.75 Å². The van der Waals surface area contributed by atoms with Crippen LogP contribution in [0.3, 0.4) is 0 Å². The highest BCUT2D eigenvalue weighted by Crippen LogP contribution is 2.19. The van der Waals surface area contributed by atoms with E-state index in [1.54, 1.807) is 18.4 Å². The van der Waals surface area contributed by atoms with Gasteiger partial charge in [0.15, 0.2) is 11.1 Å². The van der Waals surface area contributed by atoms with Crippen LogP contribution in [0.2, 0.25) is 0 Å². The topological polar surface area (TPSA) is 76.2 Å². The summed E-state index contributed by atoms with van der Waals surface area (Å²) in [5, 5.41) is 3.08. The third-order valence-corrected chi connectivity index (χ3v) is 5.00. The summed E-state index contributed by atoms with van der Waals surface area (Å²) in [6.45, 7) is 5.18. The lowest BCUT2D eigenvalue weighted by Gasteiger charge is -2.35. The Balaban J connectivity index is 1.50. The molecule has 0 radical (unpaired) electrons. The lowest BCUT2D eigenvalue weighted by atomic mass is 10.2. The third kappa shape index (κ3) is 5.09. The predicted octanol–water partition coefficient (Wildman–Crippen LogP) is 1.81. The smallest absolute Gasteiger partial charge is 0.191 e. The van der Waals surface area contributed by atoms with E-state index in [0.717, 1.165) is 42.6 Å². The highest BCUT2D eigenvalue weighted by Gasteiger charge is 2.19. The predicted molar refractivity (Wildman–Crippen MR) is 105 cm³/mol. The number of methoxy groups -OCH3 is 1. The van der Waals surface area contributed by atoms with Crippen LogP contribution in [-0.4, -0.2) is 62.3 Å². The Hall–Kier alpha value is -2.32. The maximum Gasteiger partial charge on any atom is 0.191 e. The number of aromatic nitrogens is 1. The van der Waals surface area contributed by atoms with Gasteiger partial charge in [-0.15, -0.1) is 11.3 Å². The second-order valence-electron chi connectivity index (χ2n) is 5.95. The van der Waals surface area contributed by atoms with Crippen molar-refractivity contribution in [2.45, 2.75) is 6.54 Å². The first-order valence-corrected chi connectivity index (χ1v) is 9.54. The first-order chi connectivity index (χ1) is 12.8. The summed E-state index contributed by atoms with van der Waals surface area (Å²) in [6, 6.07) is 7.92. The molecule has 1 aromatic heterocycles. The summed E-state index contributed by atoms with van der Waals surface area (Å²) in [5.41, 5.74) is 7.27. The van der Waals surface area contributed by atoms with Crippen LogP contribution in [0.25, 0.3) is 0 Å². The Morgan fingerprint density at radius 1 is 1.27 bits per heavy atom. The van der Waals surface area contributed by atoms with Crippen molar-refractivity contribution in [1.29, 1.82) is 0 Å². The van der Waals surface area contributed by atoms with Crippen molar-refractivity contribution in [1.82, 2.24) is 9.88 Å². The molecule has 1 saturated heterocycles. The molecule has 8 heteroatoms. The summed E-state index contributed by atoms with van der Waals surface area (Å²) in [6.07, 6.45) is 1.84. The van der Waals surface area contributed by atoms with Gasteiger partial charge in [0.2, 0.25) is 0 Å². The van der Waals surface area contributed by atoms with E-state index in [2.05, 4.69) is 19.8 Å². The van der Waals surface area contributed by atoms with Gasteiger partial charge in [0.05, 0.1) is 13.2 Å². The van der Waals surface area contributed by atoms with E-state index < -0.39 is 0 Å². The molecule has 7 nitrogen and oxygen atoms in total. The van der Waals surface area contributed by atoms with Crippen molar-refractivity contribution in [2.24, 2.45) is 10.7 Å². The van der Waals surface area contributed by atoms with Crippen LogP contribution in [-0.2, 0) is 11.3 Å². The van der Waals surface area contributed by atoms with E-state index in [-0.39, 0.29) is 0 Å². The van der Waals surface area contributed by atoms with E-state index in [1.807, 2.05) is 35.8 Å². The molecule has 0 amide bonds. The van der Waals surface area contributed by atoms with Gasteiger partial charge >= 0.3 is 0 Å². The quantitative estimate of drug-likeness (QED) is 0.452. The van der Waals surface area contributed by atoms with Crippen molar-refractivity contribution >= 4 is 22.4 Å². The van der Waals surface area contributed by atoms with Crippen LogP contribution in [0.4, 0.5) is 5.13 Å². The number of benzene rings is 1. The van der Waals surface area contributed by atoms with Crippen molar-refractivity contribution in [3.05, 3.63) is 41.4 Å². The molecule has 2 aromatic rings. The van der Waals surface area contributed by atoms with Crippen molar-refractivity contribution in [3.63, 3.8) is 0 Å². The standard InChI is InChI=1S/C18H25N5O2S/c1-24-10-11-25-16-4-2-3-15(13-16)14-21-17(19)22-6-8-23(9-7-22)18-20-5-12-26-18/h2-5,12-13H,6-11,14H2,1H3,(H2,19,21). The molecule has 1 fully saturated rings. The van der Waals surface area contributed by atoms with Gasteiger partial charge < -0.3 is 25.0 Å². The molecular formula is C18H25N5O2S. The number of nitrogens with zero attached hydrogens (tertiary/aromatic N) is 4. The van der Waals surface area contributed by atoms with Crippen LogP contribution < -0.4 is 15.4 Å². The maximum atomic E-state index is 6.19. The third-order valence-electron chi connectivity index (χ3n) is 4.17. The first kappa shape index (κ1) is 18.5. The van der Waals surface area contributed by atoms with Gasteiger partial charge in [-0.05, 0) is 17.7 Å². The molecule has 2 heterocycles. The van der Waals surface area contributed by atoms with Crippen LogP contribution in [0.15, 0.2) is 40.8 Å². The van der Waals surface area contributed by atoms with Gasteiger partial charge in [-0.1, -0.05) is 12.1 Å². The molecule has 1 aromatic carbocycles. The second kappa shape index (κ2) is 9.40. The SMILES string of the molecule is COCCOc1cccc(CN=C(N)N2CCN(c3nccs3)CC2)c1. The van der Waals surface area contributed by atoms with E-state index in [4.69, 9.17) is 15.2 Å². The van der Waals surface area contributed by atoms with Crippen LogP contribution in [0.1, 0.15) is 5.56 Å². The average Bonchev–Trinajstić information content (AvgIpc) is 3.22. The number of anilines is 1. The molecule has 2 N–H and O–H groups in total. The van der Waals surface area contributed by atoms with E-state index >= 15 is 0 Å². The lowest BCUT2D eigenvalue weighted by Crippen LogP contribution is -2.51. The number of hydrogen-bond donors (Lipinski definition) is 1. The summed E-state index contributed by atoms with van der Waals surface area (Å²) < 4.78 is 10.6. The Morgan fingerprint density at radius 2 is 2.12 bits per heavy atom. The molecule has 0 atom stereocenters. The highest BCUT2D eigenvalue weighted by molar-refractivity contribution is 7.13. The summed E-state index contributed by atoms with van der Waals surface area (Å²) in [4.78, 5) is 13.3. The van der Waals surface area contributed by atoms with Crippen LogP contribution >= 0.6 is 11.3 Å². The normalized spacial score (nSPS) is 15.3. The molecule has 140 valence electrons. The molecule has 26 heavy (non-hydrogen) atoms. The number of hydrogen-bond acceptors (Lipinski definition) is 6. The fraction of sp³-hybridized carbons (Fsp3) is 0.444. The highest BCUT2D eigenvalue weighted by atomic mass is 32.1. The minimum Gasteiger partial charge on any atom is -0.491 e. The molecule has 1 aliphatic heterocycles. The Bertz CT molecular complexity index is 699. The van der Waals surface area contributed by atoms with Crippen molar-refractivity contribution in [2.75, 3.05) is 51.4 Å². The molecule has 3 rings (SSSR count). The molecule has 0 saturated carbocycles. The largest absolute Gasteiger partial charge is 0.491 e. The van der Waals surface area contributed by atoms with Crippen LogP contribution in [0, 0.1) is 0 Å². The minimum atomic E-state index is 0.536. The zero-order chi connectivity index (χ0) is 18.2. The average molecular weight is 375 g/mol. The molecule has 0 unspecified atom stereocenters. The van der Waals surface area contributed by atoms with E-state index in [1.165, 1.54) is 0 Å². The molecular weight excluding hydrogens is 350 g/mol. The van der Waals surface area contributed by atoms with Gasteiger partial charge in [-0.25, -0.2) is 9.98 Å². The maximum absolute atomic E-state index is 6.19.